The van der Waals surface area contributed by atoms with Crippen molar-refractivity contribution >= 4 is 11.6 Å². The molecule has 0 amide bonds. The molecule has 30 heavy (non-hydrogen) atoms. The molecule has 4 rings (SSSR count). The van der Waals surface area contributed by atoms with Crippen molar-refractivity contribution in [1.29, 1.82) is 0 Å². The molecule has 7 nitrogen and oxygen atoms in total. The Kier molecular flexibility index (Phi) is 5.47. The van der Waals surface area contributed by atoms with Gasteiger partial charge in [0.2, 0.25) is 0 Å². The maximum absolute atomic E-state index is 14.2. The summed E-state index contributed by atoms with van der Waals surface area (Å²) < 4.78 is 26.8. The van der Waals surface area contributed by atoms with Gasteiger partial charge >= 0.3 is 0 Å². The average Bonchev–Trinajstić information content (AvgIpc) is 3.26. The van der Waals surface area contributed by atoms with Gasteiger partial charge in [0, 0.05) is 17.3 Å². The van der Waals surface area contributed by atoms with E-state index in [0.29, 0.717) is 28.7 Å². The normalized spacial score (nSPS) is 12.0. The summed E-state index contributed by atoms with van der Waals surface area (Å²) in [5, 5.41) is 7.77. The second kappa shape index (κ2) is 8.36. The van der Waals surface area contributed by atoms with Crippen molar-refractivity contribution in [2.45, 2.75) is 19.4 Å². The molecule has 4 aromatic rings. The molecule has 2 aromatic heterocycles. The largest absolute Gasteiger partial charge is 0.497 e. The number of rotatable bonds is 7. The van der Waals surface area contributed by atoms with Gasteiger partial charge in [-0.1, -0.05) is 19.1 Å². The van der Waals surface area contributed by atoms with Crippen LogP contribution in [-0.4, -0.2) is 33.8 Å². The summed E-state index contributed by atoms with van der Waals surface area (Å²) >= 11 is 0. The van der Waals surface area contributed by atoms with Gasteiger partial charge in [-0.2, -0.15) is 14.6 Å². The van der Waals surface area contributed by atoms with Crippen molar-refractivity contribution in [3.63, 3.8) is 0 Å². The predicted octanol–water partition coefficient (Wildman–Crippen LogP) is 4.04. The minimum Gasteiger partial charge on any atom is -0.497 e. The first-order chi connectivity index (χ1) is 14.6. The fourth-order valence-electron chi connectivity index (χ4n) is 3.39. The molecule has 0 radical (unpaired) electrons. The van der Waals surface area contributed by atoms with Crippen LogP contribution in [0.3, 0.4) is 0 Å². The number of hydrogen-bond donors (Lipinski definition) is 1. The second-order valence-corrected chi connectivity index (χ2v) is 6.70. The van der Waals surface area contributed by atoms with Gasteiger partial charge in [-0.25, -0.2) is 9.37 Å². The molecule has 0 saturated carbocycles. The van der Waals surface area contributed by atoms with Crippen LogP contribution in [0.25, 0.3) is 5.78 Å². The van der Waals surface area contributed by atoms with Crippen LogP contribution in [-0.2, 0) is 6.42 Å². The number of nitrogens with one attached hydrogen (secondary N) is 1. The maximum Gasteiger partial charge on any atom is 0.254 e. The topological polar surface area (TPSA) is 73.6 Å². The van der Waals surface area contributed by atoms with Gasteiger partial charge in [0.25, 0.3) is 5.78 Å². The van der Waals surface area contributed by atoms with Crippen LogP contribution in [0.5, 0.6) is 11.5 Å². The van der Waals surface area contributed by atoms with Crippen molar-refractivity contribution < 1.29 is 13.9 Å². The predicted molar refractivity (Wildman–Crippen MR) is 112 cm³/mol. The summed E-state index contributed by atoms with van der Waals surface area (Å²) in [7, 11) is 3.18. The zero-order valence-electron chi connectivity index (χ0n) is 17.0. The van der Waals surface area contributed by atoms with E-state index in [-0.39, 0.29) is 5.82 Å². The van der Waals surface area contributed by atoms with Crippen molar-refractivity contribution in [2.75, 3.05) is 19.5 Å². The van der Waals surface area contributed by atoms with Crippen LogP contribution >= 0.6 is 0 Å². The average molecular weight is 407 g/mol. The van der Waals surface area contributed by atoms with E-state index in [1.165, 1.54) is 18.5 Å². The Bertz CT molecular complexity index is 1180. The molecule has 0 spiro atoms. The lowest BCUT2D eigenvalue weighted by Crippen LogP contribution is -2.17. The molecule has 154 valence electrons. The SMILES string of the molecule is CCc1cc(NC(c2cccc(OC)c2)c2cc(F)ccc2OC)n2ncnc2n1. The lowest BCUT2D eigenvalue weighted by molar-refractivity contribution is 0.406. The lowest BCUT2D eigenvalue weighted by atomic mass is 9.97. The summed E-state index contributed by atoms with van der Waals surface area (Å²) in [5.74, 6) is 2.09. The van der Waals surface area contributed by atoms with Gasteiger partial charge in [-0.15, -0.1) is 0 Å². The molecule has 0 saturated heterocycles. The molecular formula is C22H22FN5O2. The lowest BCUT2D eigenvalue weighted by Gasteiger charge is -2.24. The fourth-order valence-corrected chi connectivity index (χ4v) is 3.39. The number of nitrogens with zero attached hydrogens (tertiary/aromatic N) is 4. The van der Waals surface area contributed by atoms with Crippen LogP contribution in [0.15, 0.2) is 54.9 Å². The third kappa shape index (κ3) is 3.76. The van der Waals surface area contributed by atoms with E-state index < -0.39 is 6.04 Å². The van der Waals surface area contributed by atoms with Gasteiger partial charge < -0.3 is 14.8 Å². The quantitative estimate of drug-likeness (QED) is 0.498. The molecule has 2 aromatic carbocycles. The third-order valence-electron chi connectivity index (χ3n) is 4.89. The van der Waals surface area contributed by atoms with E-state index >= 15 is 0 Å². The van der Waals surface area contributed by atoms with E-state index in [2.05, 4.69) is 20.4 Å². The van der Waals surface area contributed by atoms with Crippen LogP contribution in [0.4, 0.5) is 10.2 Å². The number of aryl methyl sites for hydroxylation is 1. The highest BCUT2D eigenvalue weighted by Crippen LogP contribution is 2.35. The number of ether oxygens (including phenoxy) is 2. The van der Waals surface area contributed by atoms with E-state index in [1.807, 2.05) is 37.3 Å². The molecule has 0 aliphatic carbocycles. The van der Waals surface area contributed by atoms with Gasteiger partial charge in [0.1, 0.15) is 29.5 Å². The van der Waals surface area contributed by atoms with Crippen LogP contribution in [0, 0.1) is 5.82 Å². The van der Waals surface area contributed by atoms with Crippen molar-refractivity contribution in [3.8, 4) is 11.5 Å². The Morgan fingerprint density at radius 2 is 1.97 bits per heavy atom. The number of fused-ring (bicyclic) bond motifs is 1. The minimum atomic E-state index is -0.440. The van der Waals surface area contributed by atoms with Crippen LogP contribution < -0.4 is 14.8 Å². The Hall–Kier alpha value is -3.68. The minimum absolute atomic E-state index is 0.352. The van der Waals surface area contributed by atoms with Gasteiger partial charge in [-0.3, -0.25) is 0 Å². The summed E-state index contributed by atoms with van der Waals surface area (Å²) in [6.07, 6.45) is 2.20. The monoisotopic (exact) mass is 407 g/mol. The van der Waals surface area contributed by atoms with Crippen LogP contribution in [0.1, 0.15) is 29.8 Å². The summed E-state index contributed by atoms with van der Waals surface area (Å²) in [4.78, 5) is 8.70. The van der Waals surface area contributed by atoms with Crippen molar-refractivity contribution in [2.24, 2.45) is 0 Å². The first-order valence-corrected chi connectivity index (χ1v) is 9.56. The fraction of sp³-hybridized carbons (Fsp3) is 0.227. The summed E-state index contributed by atoms with van der Waals surface area (Å²) in [6, 6.07) is 13.6. The van der Waals surface area contributed by atoms with E-state index in [9.17, 15) is 4.39 Å². The van der Waals surface area contributed by atoms with E-state index in [4.69, 9.17) is 9.47 Å². The van der Waals surface area contributed by atoms with E-state index in [1.54, 1.807) is 24.8 Å². The number of halogens is 1. The third-order valence-corrected chi connectivity index (χ3v) is 4.89. The molecule has 0 fully saturated rings. The highest BCUT2D eigenvalue weighted by atomic mass is 19.1. The Morgan fingerprint density at radius 3 is 2.73 bits per heavy atom. The zero-order chi connectivity index (χ0) is 21.1. The Labute approximate surface area is 173 Å². The standard InChI is InChI=1S/C22H22FN5O2/c1-4-16-12-20(28-22(26-16)24-13-25-28)27-21(14-6-5-7-17(10-14)29-2)18-11-15(23)8-9-19(18)30-3/h5-13,21,27H,4H2,1-3H3. The molecule has 0 bridgehead atoms. The molecule has 0 aliphatic heterocycles. The molecule has 2 heterocycles. The summed E-state index contributed by atoms with van der Waals surface area (Å²) in [5.41, 5.74) is 2.39. The highest BCUT2D eigenvalue weighted by Gasteiger charge is 2.22. The smallest absolute Gasteiger partial charge is 0.254 e. The summed E-state index contributed by atoms with van der Waals surface area (Å²) in [6.45, 7) is 2.02. The Balaban J connectivity index is 1.88. The Morgan fingerprint density at radius 1 is 1.10 bits per heavy atom. The first-order valence-electron chi connectivity index (χ1n) is 9.56. The molecule has 8 heteroatoms. The van der Waals surface area contributed by atoms with Gasteiger partial charge in [-0.05, 0) is 42.3 Å². The first kappa shape index (κ1) is 19.6. The number of aromatic nitrogens is 4. The molecular weight excluding hydrogens is 385 g/mol. The molecule has 1 unspecified atom stereocenters. The number of methoxy groups -OCH3 is 2. The van der Waals surface area contributed by atoms with Crippen molar-refractivity contribution in [1.82, 2.24) is 19.6 Å². The second-order valence-electron chi connectivity index (χ2n) is 6.70. The van der Waals surface area contributed by atoms with Gasteiger partial charge in [0.15, 0.2) is 0 Å². The highest BCUT2D eigenvalue weighted by molar-refractivity contribution is 5.53. The molecule has 0 aliphatic rings. The number of benzene rings is 2. The van der Waals surface area contributed by atoms with Crippen molar-refractivity contribution in [3.05, 3.63) is 77.5 Å². The number of anilines is 1. The van der Waals surface area contributed by atoms with E-state index in [0.717, 1.165) is 17.7 Å². The zero-order valence-corrected chi connectivity index (χ0v) is 17.0. The maximum atomic E-state index is 14.2. The number of hydrogen-bond acceptors (Lipinski definition) is 6. The van der Waals surface area contributed by atoms with Gasteiger partial charge in [0.05, 0.1) is 20.3 Å². The van der Waals surface area contributed by atoms with Crippen LogP contribution in [0.2, 0.25) is 0 Å². The molecule has 1 atom stereocenters. The molecule has 1 N–H and O–H groups in total.